The fourth-order valence-corrected chi connectivity index (χ4v) is 3.70. The van der Waals surface area contributed by atoms with Crippen molar-refractivity contribution in [2.75, 3.05) is 18.4 Å². The molecule has 1 aromatic carbocycles. The molecular formula is C17H19N3O3S. The van der Waals surface area contributed by atoms with Crippen LogP contribution in [0, 0.1) is 16.0 Å². The van der Waals surface area contributed by atoms with Gasteiger partial charge in [0.1, 0.15) is 0 Å². The van der Waals surface area contributed by atoms with Crippen LogP contribution in [0.4, 0.5) is 10.7 Å². The number of nitrogens with zero attached hydrogens (tertiary/aromatic N) is 2. The van der Waals surface area contributed by atoms with E-state index in [9.17, 15) is 14.9 Å². The highest BCUT2D eigenvalue weighted by atomic mass is 32.1. The summed E-state index contributed by atoms with van der Waals surface area (Å²) in [5, 5.41) is 15.7. The number of rotatable bonds is 5. The summed E-state index contributed by atoms with van der Waals surface area (Å²) in [5.74, 6) is -0.00484. The molecule has 1 saturated heterocycles. The zero-order valence-electron chi connectivity index (χ0n) is 13.2. The van der Waals surface area contributed by atoms with E-state index < -0.39 is 0 Å². The van der Waals surface area contributed by atoms with Crippen LogP contribution in [-0.2, 0) is 11.3 Å². The van der Waals surface area contributed by atoms with Gasteiger partial charge in [-0.3, -0.25) is 19.8 Å². The summed E-state index contributed by atoms with van der Waals surface area (Å²) in [4.78, 5) is 25.0. The maximum absolute atomic E-state index is 12.4. The van der Waals surface area contributed by atoms with Gasteiger partial charge in [0.25, 0.3) is 0 Å². The summed E-state index contributed by atoms with van der Waals surface area (Å²) in [5.41, 5.74) is 1.75. The average molecular weight is 345 g/mol. The molecule has 1 unspecified atom stereocenters. The van der Waals surface area contributed by atoms with Crippen LogP contribution < -0.4 is 5.32 Å². The van der Waals surface area contributed by atoms with E-state index in [0.29, 0.717) is 13.1 Å². The van der Waals surface area contributed by atoms with E-state index in [1.54, 1.807) is 6.07 Å². The molecule has 2 heterocycles. The van der Waals surface area contributed by atoms with Crippen molar-refractivity contribution in [1.82, 2.24) is 4.90 Å². The fraction of sp³-hybridized carbons (Fsp3) is 0.353. The number of benzene rings is 1. The number of piperidine rings is 1. The second-order valence-electron chi connectivity index (χ2n) is 5.98. The highest BCUT2D eigenvalue weighted by molar-refractivity contribution is 7.13. The first kappa shape index (κ1) is 16.6. The first-order chi connectivity index (χ1) is 11.6. The number of hydrogen-bond acceptors (Lipinski definition) is 5. The maximum atomic E-state index is 12.4. The van der Waals surface area contributed by atoms with Crippen molar-refractivity contribution in [1.29, 1.82) is 0 Å². The van der Waals surface area contributed by atoms with Crippen LogP contribution >= 0.6 is 11.3 Å². The second-order valence-corrected chi connectivity index (χ2v) is 6.87. The minimum atomic E-state index is -0.361. The van der Waals surface area contributed by atoms with Crippen molar-refractivity contribution in [2.24, 2.45) is 5.92 Å². The molecule has 1 amide bonds. The lowest BCUT2D eigenvalue weighted by atomic mass is 9.96. The van der Waals surface area contributed by atoms with Crippen molar-refractivity contribution < 1.29 is 9.72 Å². The highest BCUT2D eigenvalue weighted by Gasteiger charge is 2.26. The molecule has 0 radical (unpaired) electrons. The van der Waals surface area contributed by atoms with Gasteiger partial charge in [-0.05, 0) is 37.1 Å². The number of anilines is 1. The molecule has 0 bridgehead atoms. The van der Waals surface area contributed by atoms with Crippen molar-refractivity contribution in [2.45, 2.75) is 19.4 Å². The summed E-state index contributed by atoms with van der Waals surface area (Å²) in [7, 11) is 0. The van der Waals surface area contributed by atoms with Crippen LogP contribution in [0.25, 0.3) is 0 Å². The lowest BCUT2D eigenvalue weighted by Gasteiger charge is -2.31. The smallest absolute Gasteiger partial charge is 0.324 e. The van der Waals surface area contributed by atoms with Crippen molar-refractivity contribution in [3.05, 3.63) is 57.5 Å². The van der Waals surface area contributed by atoms with Crippen molar-refractivity contribution in [3.8, 4) is 0 Å². The second kappa shape index (κ2) is 7.55. The van der Waals surface area contributed by atoms with Crippen LogP contribution in [-0.4, -0.2) is 28.8 Å². The Morgan fingerprint density at radius 3 is 2.88 bits per heavy atom. The van der Waals surface area contributed by atoms with Crippen molar-refractivity contribution in [3.63, 3.8) is 0 Å². The molecule has 1 fully saturated rings. The van der Waals surface area contributed by atoms with Crippen LogP contribution in [0.15, 0.2) is 41.8 Å². The third-order valence-corrected chi connectivity index (χ3v) is 5.07. The highest BCUT2D eigenvalue weighted by Crippen LogP contribution is 2.26. The zero-order chi connectivity index (χ0) is 16.9. The molecule has 7 heteroatoms. The molecule has 2 aromatic rings. The maximum Gasteiger partial charge on any atom is 0.324 e. The monoisotopic (exact) mass is 345 g/mol. The number of thiophene rings is 1. The third kappa shape index (κ3) is 4.18. The van der Waals surface area contributed by atoms with E-state index in [4.69, 9.17) is 0 Å². The quantitative estimate of drug-likeness (QED) is 0.665. The average Bonchev–Trinajstić information content (AvgIpc) is 3.05. The van der Waals surface area contributed by atoms with Gasteiger partial charge < -0.3 is 5.32 Å². The Hall–Kier alpha value is -2.25. The summed E-state index contributed by atoms with van der Waals surface area (Å²) in [6.45, 7) is 2.25. The number of para-hydroxylation sites is 1. The van der Waals surface area contributed by atoms with Crippen molar-refractivity contribution >= 4 is 27.9 Å². The van der Waals surface area contributed by atoms with E-state index in [1.165, 1.54) is 0 Å². The Bertz CT molecular complexity index is 717. The van der Waals surface area contributed by atoms with Crippen LogP contribution in [0.5, 0.6) is 0 Å². The molecule has 0 saturated carbocycles. The van der Waals surface area contributed by atoms with Gasteiger partial charge in [0.15, 0.2) is 0 Å². The molecule has 1 aliphatic rings. The number of nitrogens with one attached hydrogen (secondary N) is 1. The predicted octanol–water partition coefficient (Wildman–Crippen LogP) is 3.51. The van der Waals surface area contributed by atoms with Crippen LogP contribution in [0.3, 0.4) is 0 Å². The fourth-order valence-electron chi connectivity index (χ4n) is 2.98. The predicted molar refractivity (Wildman–Crippen MR) is 94.0 cm³/mol. The molecule has 1 aromatic heterocycles. The summed E-state index contributed by atoms with van der Waals surface area (Å²) < 4.78 is 0. The van der Waals surface area contributed by atoms with Crippen LogP contribution in [0.1, 0.15) is 18.4 Å². The van der Waals surface area contributed by atoms with Gasteiger partial charge in [-0.1, -0.05) is 29.5 Å². The first-order valence-corrected chi connectivity index (χ1v) is 8.80. The Balaban J connectivity index is 1.57. The topological polar surface area (TPSA) is 75.5 Å². The number of likely N-dealkylation sites (tertiary alicyclic amines) is 1. The Labute approximate surface area is 144 Å². The van der Waals surface area contributed by atoms with E-state index in [0.717, 1.165) is 42.0 Å². The lowest BCUT2D eigenvalue weighted by molar-refractivity contribution is -0.380. The molecule has 24 heavy (non-hydrogen) atoms. The molecule has 1 aliphatic heterocycles. The van der Waals surface area contributed by atoms with Gasteiger partial charge in [0.05, 0.1) is 10.8 Å². The molecule has 0 spiro atoms. The van der Waals surface area contributed by atoms with Gasteiger partial charge in [-0.2, -0.15) is 0 Å². The molecule has 1 N–H and O–H groups in total. The summed E-state index contributed by atoms with van der Waals surface area (Å²) in [6, 6.07) is 11.1. The van der Waals surface area contributed by atoms with E-state index in [1.807, 2.05) is 35.7 Å². The molecule has 6 nitrogen and oxygen atoms in total. The zero-order valence-corrected chi connectivity index (χ0v) is 14.0. The summed E-state index contributed by atoms with van der Waals surface area (Å²) >= 11 is 1.15. The Morgan fingerprint density at radius 2 is 2.17 bits per heavy atom. The molecular weight excluding hydrogens is 326 g/mol. The largest absolute Gasteiger partial charge is 0.326 e. The van der Waals surface area contributed by atoms with E-state index in [2.05, 4.69) is 10.2 Å². The van der Waals surface area contributed by atoms with Gasteiger partial charge >= 0.3 is 5.00 Å². The van der Waals surface area contributed by atoms with E-state index in [-0.39, 0.29) is 21.7 Å². The number of hydrogen-bond donors (Lipinski definition) is 1. The minimum Gasteiger partial charge on any atom is -0.326 e. The van der Waals surface area contributed by atoms with Gasteiger partial charge in [0, 0.05) is 30.2 Å². The number of nitro groups is 1. The van der Waals surface area contributed by atoms with Gasteiger partial charge in [-0.25, -0.2) is 0 Å². The van der Waals surface area contributed by atoms with Crippen LogP contribution in [0.2, 0.25) is 0 Å². The number of amides is 1. The standard InChI is InChI=1S/C17H19N3O3S/c21-17(18-15-6-2-1-3-7-15)14-5-4-8-19(11-14)10-13-9-16(20(22)23)24-12-13/h1-3,6-7,9,12,14H,4-5,8,10-11H2,(H,18,21). The molecule has 3 rings (SSSR count). The molecule has 0 aliphatic carbocycles. The Kier molecular flexibility index (Phi) is 5.22. The number of carbonyl (C=O) groups is 1. The van der Waals surface area contributed by atoms with E-state index >= 15 is 0 Å². The van der Waals surface area contributed by atoms with Gasteiger partial charge in [-0.15, -0.1) is 0 Å². The third-order valence-electron chi connectivity index (χ3n) is 4.14. The summed E-state index contributed by atoms with van der Waals surface area (Å²) in [6.07, 6.45) is 1.83. The molecule has 126 valence electrons. The normalized spacial score (nSPS) is 18.2. The lowest BCUT2D eigenvalue weighted by Crippen LogP contribution is -2.40. The minimum absolute atomic E-state index is 0.0437. The molecule has 1 atom stereocenters. The first-order valence-electron chi connectivity index (χ1n) is 7.92. The van der Waals surface area contributed by atoms with Gasteiger partial charge in [0.2, 0.25) is 5.91 Å². The number of carbonyl (C=O) groups excluding carboxylic acids is 1. The Morgan fingerprint density at radius 1 is 1.38 bits per heavy atom. The SMILES string of the molecule is O=C(Nc1ccccc1)C1CCCN(Cc2csc([N+](=O)[O-])c2)C1.